The van der Waals surface area contributed by atoms with E-state index in [0.717, 1.165) is 31.7 Å². The fourth-order valence-electron chi connectivity index (χ4n) is 2.58. The molecule has 104 valence electrons. The van der Waals surface area contributed by atoms with Crippen molar-refractivity contribution >= 4 is 0 Å². The summed E-state index contributed by atoms with van der Waals surface area (Å²) in [4.78, 5) is 2.60. The maximum Gasteiger partial charge on any atom is 0.0673 e. The van der Waals surface area contributed by atoms with Gasteiger partial charge in [-0.25, -0.2) is 0 Å². The van der Waals surface area contributed by atoms with Crippen LogP contribution in [0.15, 0.2) is 11.6 Å². The number of nitrogens with zero attached hydrogens (tertiary/aromatic N) is 1. The molecule has 1 aliphatic carbocycles. The highest BCUT2D eigenvalue weighted by atomic mass is 16.5. The molecule has 0 aromatic heterocycles. The first-order valence-corrected chi connectivity index (χ1v) is 7.35. The zero-order valence-electron chi connectivity index (χ0n) is 12.1. The zero-order chi connectivity index (χ0) is 13.0. The van der Waals surface area contributed by atoms with Gasteiger partial charge < -0.3 is 10.1 Å². The lowest BCUT2D eigenvalue weighted by molar-refractivity contribution is 0.161. The number of rotatable bonds is 7. The second-order valence-electron chi connectivity index (χ2n) is 5.94. The molecule has 0 bridgehead atoms. The Bertz CT molecular complexity index is 286. The summed E-state index contributed by atoms with van der Waals surface area (Å²) in [7, 11) is 1.78. The van der Waals surface area contributed by atoms with Crippen LogP contribution in [0.25, 0.3) is 0 Å². The number of hydrogen-bond acceptors (Lipinski definition) is 3. The highest BCUT2D eigenvalue weighted by molar-refractivity contribution is 5.08. The summed E-state index contributed by atoms with van der Waals surface area (Å²) in [6, 6.07) is 1.49. The summed E-state index contributed by atoms with van der Waals surface area (Å²) in [5, 5.41) is 3.64. The first-order valence-electron chi connectivity index (χ1n) is 7.35. The van der Waals surface area contributed by atoms with Gasteiger partial charge in [0, 0.05) is 32.3 Å². The van der Waals surface area contributed by atoms with Crippen molar-refractivity contribution in [1.29, 1.82) is 0 Å². The van der Waals surface area contributed by atoms with Gasteiger partial charge in [0.05, 0.1) is 6.61 Å². The quantitative estimate of drug-likeness (QED) is 0.702. The third-order valence-electron chi connectivity index (χ3n) is 4.37. The fraction of sp³-hybridized carbons (Fsp3) is 0.867. The topological polar surface area (TPSA) is 24.5 Å². The van der Waals surface area contributed by atoms with E-state index in [9.17, 15) is 0 Å². The molecule has 1 saturated carbocycles. The second kappa shape index (κ2) is 6.69. The van der Waals surface area contributed by atoms with E-state index in [1.807, 2.05) is 0 Å². The van der Waals surface area contributed by atoms with Crippen LogP contribution in [0, 0.1) is 5.92 Å². The lowest BCUT2D eigenvalue weighted by atomic mass is 9.99. The largest absolute Gasteiger partial charge is 0.380 e. The minimum absolute atomic E-state index is 0.664. The van der Waals surface area contributed by atoms with Gasteiger partial charge in [-0.15, -0.1) is 0 Å². The van der Waals surface area contributed by atoms with E-state index in [2.05, 4.69) is 30.1 Å². The molecular weight excluding hydrogens is 224 g/mol. The maximum atomic E-state index is 5.20. The molecule has 1 N–H and O–H groups in total. The molecule has 2 aliphatic rings. The molecule has 0 aromatic carbocycles. The average molecular weight is 252 g/mol. The molecule has 2 rings (SSSR count). The van der Waals surface area contributed by atoms with Gasteiger partial charge in [0.2, 0.25) is 0 Å². The Balaban J connectivity index is 1.73. The molecule has 0 radical (unpaired) electrons. The number of ether oxygens (including phenoxy) is 1. The van der Waals surface area contributed by atoms with Crippen LogP contribution in [0.2, 0.25) is 0 Å². The van der Waals surface area contributed by atoms with E-state index in [4.69, 9.17) is 4.74 Å². The van der Waals surface area contributed by atoms with Crippen LogP contribution < -0.4 is 5.32 Å². The SMILES string of the molecule is COCC1=CCN(C(C)C(C)CNC2CC2)CC1. The first kappa shape index (κ1) is 14.0. The predicted molar refractivity (Wildman–Crippen MR) is 75.8 cm³/mol. The fourth-order valence-corrected chi connectivity index (χ4v) is 2.58. The van der Waals surface area contributed by atoms with Gasteiger partial charge >= 0.3 is 0 Å². The third-order valence-corrected chi connectivity index (χ3v) is 4.37. The van der Waals surface area contributed by atoms with Crippen LogP contribution in [0.3, 0.4) is 0 Å². The molecule has 0 aromatic rings. The standard InChI is InChI=1S/C15H28N2O/c1-12(10-16-15-4-5-15)13(2)17-8-6-14(7-9-17)11-18-3/h6,12-13,15-16H,4-5,7-11H2,1-3H3. The summed E-state index contributed by atoms with van der Waals surface area (Å²) in [6.45, 7) is 8.98. The van der Waals surface area contributed by atoms with E-state index < -0.39 is 0 Å². The van der Waals surface area contributed by atoms with Gasteiger partial charge in [0.15, 0.2) is 0 Å². The number of methoxy groups -OCH3 is 1. The number of hydrogen-bond donors (Lipinski definition) is 1. The number of nitrogens with one attached hydrogen (secondary N) is 1. The van der Waals surface area contributed by atoms with Crippen molar-refractivity contribution in [2.45, 2.75) is 45.2 Å². The van der Waals surface area contributed by atoms with Crippen molar-refractivity contribution in [3.63, 3.8) is 0 Å². The molecule has 3 nitrogen and oxygen atoms in total. The summed E-state index contributed by atoms with van der Waals surface area (Å²) < 4.78 is 5.20. The van der Waals surface area contributed by atoms with Gasteiger partial charge in [-0.2, -0.15) is 0 Å². The van der Waals surface area contributed by atoms with Crippen molar-refractivity contribution in [2.75, 3.05) is 33.4 Å². The van der Waals surface area contributed by atoms with Crippen LogP contribution in [-0.2, 0) is 4.74 Å². The van der Waals surface area contributed by atoms with E-state index in [1.54, 1.807) is 7.11 Å². The Morgan fingerprint density at radius 2 is 2.22 bits per heavy atom. The van der Waals surface area contributed by atoms with Gasteiger partial charge in [-0.1, -0.05) is 13.0 Å². The van der Waals surface area contributed by atoms with E-state index in [-0.39, 0.29) is 0 Å². The molecule has 3 heteroatoms. The molecular formula is C15H28N2O. The molecule has 1 heterocycles. The molecule has 2 unspecified atom stereocenters. The molecule has 1 fully saturated rings. The Kier molecular flexibility index (Phi) is 5.22. The second-order valence-corrected chi connectivity index (χ2v) is 5.94. The lowest BCUT2D eigenvalue weighted by Crippen LogP contribution is -2.43. The maximum absolute atomic E-state index is 5.20. The Hall–Kier alpha value is -0.380. The zero-order valence-corrected chi connectivity index (χ0v) is 12.1. The summed E-state index contributed by atoms with van der Waals surface area (Å²) in [6.07, 6.45) is 6.29. The van der Waals surface area contributed by atoms with Crippen molar-refractivity contribution in [3.8, 4) is 0 Å². The van der Waals surface area contributed by atoms with Gasteiger partial charge in [-0.05, 0) is 44.2 Å². The first-order chi connectivity index (χ1) is 8.70. The average Bonchev–Trinajstić information content (AvgIpc) is 3.20. The molecule has 2 atom stereocenters. The van der Waals surface area contributed by atoms with Crippen LogP contribution in [-0.4, -0.2) is 50.3 Å². The van der Waals surface area contributed by atoms with Crippen molar-refractivity contribution in [3.05, 3.63) is 11.6 Å². The summed E-state index contributed by atoms with van der Waals surface area (Å²) in [5.74, 6) is 0.725. The third kappa shape index (κ3) is 4.08. The van der Waals surface area contributed by atoms with Crippen LogP contribution in [0.5, 0.6) is 0 Å². The molecule has 18 heavy (non-hydrogen) atoms. The van der Waals surface area contributed by atoms with Crippen molar-refractivity contribution in [1.82, 2.24) is 10.2 Å². The molecule has 0 amide bonds. The van der Waals surface area contributed by atoms with Crippen molar-refractivity contribution in [2.24, 2.45) is 5.92 Å². The monoisotopic (exact) mass is 252 g/mol. The van der Waals surface area contributed by atoms with Gasteiger partial charge in [-0.3, -0.25) is 4.90 Å². The molecule has 0 spiro atoms. The highest BCUT2D eigenvalue weighted by Gasteiger charge is 2.25. The molecule has 0 saturated heterocycles. The minimum Gasteiger partial charge on any atom is -0.380 e. The van der Waals surface area contributed by atoms with Gasteiger partial charge in [0.1, 0.15) is 0 Å². The van der Waals surface area contributed by atoms with Crippen LogP contribution >= 0.6 is 0 Å². The summed E-state index contributed by atoms with van der Waals surface area (Å²) >= 11 is 0. The molecule has 1 aliphatic heterocycles. The van der Waals surface area contributed by atoms with E-state index in [1.165, 1.54) is 31.4 Å². The minimum atomic E-state index is 0.664. The highest BCUT2D eigenvalue weighted by Crippen LogP contribution is 2.21. The van der Waals surface area contributed by atoms with E-state index in [0.29, 0.717) is 6.04 Å². The van der Waals surface area contributed by atoms with Crippen molar-refractivity contribution < 1.29 is 4.74 Å². The Morgan fingerprint density at radius 3 is 2.78 bits per heavy atom. The Morgan fingerprint density at radius 1 is 1.44 bits per heavy atom. The van der Waals surface area contributed by atoms with Crippen LogP contribution in [0.1, 0.15) is 33.1 Å². The predicted octanol–water partition coefficient (Wildman–Crippen LogP) is 2.04. The smallest absolute Gasteiger partial charge is 0.0673 e. The van der Waals surface area contributed by atoms with Crippen LogP contribution in [0.4, 0.5) is 0 Å². The van der Waals surface area contributed by atoms with E-state index >= 15 is 0 Å². The Labute approximate surface area is 112 Å². The summed E-state index contributed by atoms with van der Waals surface area (Å²) in [5.41, 5.74) is 1.46. The normalized spacial score (nSPS) is 24.7. The lowest BCUT2D eigenvalue weighted by Gasteiger charge is -2.35. The van der Waals surface area contributed by atoms with Gasteiger partial charge in [0.25, 0.3) is 0 Å².